The van der Waals surface area contributed by atoms with E-state index in [4.69, 9.17) is 4.74 Å². The molecular weight excluding hydrogens is 243 g/mol. The van der Waals surface area contributed by atoms with Crippen LogP contribution in [-0.4, -0.2) is 46.3 Å². The van der Waals surface area contributed by atoms with Crippen molar-refractivity contribution in [1.29, 1.82) is 0 Å². The summed E-state index contributed by atoms with van der Waals surface area (Å²) in [5.74, 6) is -2.15. The molecule has 1 amide bonds. The van der Waals surface area contributed by atoms with Gasteiger partial charge in [0.05, 0.1) is 12.1 Å². The first-order valence-electron chi connectivity index (χ1n) is 4.98. The molecule has 0 unspecified atom stereocenters. The van der Waals surface area contributed by atoms with Gasteiger partial charge in [0.15, 0.2) is 6.29 Å². The van der Waals surface area contributed by atoms with E-state index in [9.17, 15) is 28.2 Å². The Morgan fingerprint density at radius 2 is 2.06 bits per heavy atom. The van der Waals surface area contributed by atoms with Gasteiger partial charge in [0.2, 0.25) is 0 Å². The fourth-order valence-corrected chi connectivity index (χ4v) is 1.60. The molecule has 0 saturated carbocycles. The van der Waals surface area contributed by atoms with E-state index in [0.717, 1.165) is 0 Å². The molecular formula is C9H14F3NO4. The minimum atomic E-state index is -5.03. The van der Waals surface area contributed by atoms with Gasteiger partial charge in [0, 0.05) is 6.42 Å². The Morgan fingerprint density at radius 1 is 1.53 bits per heavy atom. The van der Waals surface area contributed by atoms with Gasteiger partial charge in [0.25, 0.3) is 0 Å². The number of rotatable bonds is 1. The van der Waals surface area contributed by atoms with Crippen LogP contribution in [0.1, 0.15) is 20.3 Å². The summed E-state index contributed by atoms with van der Waals surface area (Å²) in [7, 11) is 0. The largest absolute Gasteiger partial charge is 0.471 e. The summed E-state index contributed by atoms with van der Waals surface area (Å²) in [5, 5.41) is 20.8. The maximum Gasteiger partial charge on any atom is 0.471 e. The Labute approximate surface area is 95.6 Å². The van der Waals surface area contributed by atoms with Crippen molar-refractivity contribution in [3.05, 3.63) is 0 Å². The summed E-state index contributed by atoms with van der Waals surface area (Å²) >= 11 is 0. The number of alkyl halides is 3. The lowest BCUT2D eigenvalue weighted by Crippen LogP contribution is -2.63. The van der Waals surface area contributed by atoms with Crippen LogP contribution in [-0.2, 0) is 9.53 Å². The van der Waals surface area contributed by atoms with Gasteiger partial charge in [-0.25, -0.2) is 0 Å². The summed E-state index contributed by atoms with van der Waals surface area (Å²) in [6, 6.07) is -1.23. The molecule has 1 aliphatic rings. The molecule has 17 heavy (non-hydrogen) atoms. The van der Waals surface area contributed by atoms with Crippen LogP contribution in [0.15, 0.2) is 0 Å². The SMILES string of the molecule is C[C@H]1O[C@H](O)C[C@H](NC(=O)C(F)(F)F)[C@@]1(C)O. The number of hydrogen-bond acceptors (Lipinski definition) is 4. The van der Waals surface area contributed by atoms with Crippen molar-refractivity contribution >= 4 is 5.91 Å². The van der Waals surface area contributed by atoms with E-state index in [1.807, 2.05) is 0 Å². The molecule has 0 aromatic carbocycles. The smallest absolute Gasteiger partial charge is 0.385 e. The highest BCUT2D eigenvalue weighted by molar-refractivity contribution is 5.82. The topological polar surface area (TPSA) is 78.8 Å². The molecule has 4 atom stereocenters. The first-order chi connectivity index (χ1) is 7.55. The van der Waals surface area contributed by atoms with Crippen LogP contribution in [0.4, 0.5) is 13.2 Å². The Hall–Kier alpha value is -0.860. The van der Waals surface area contributed by atoms with Crippen molar-refractivity contribution in [1.82, 2.24) is 5.32 Å². The van der Waals surface area contributed by atoms with Crippen LogP contribution in [0.5, 0.6) is 0 Å². The minimum absolute atomic E-state index is 0.306. The van der Waals surface area contributed by atoms with Crippen LogP contribution in [0, 0.1) is 0 Å². The van der Waals surface area contributed by atoms with Crippen molar-refractivity contribution in [3.8, 4) is 0 Å². The van der Waals surface area contributed by atoms with E-state index in [1.54, 1.807) is 5.32 Å². The molecule has 0 bridgehead atoms. The van der Waals surface area contributed by atoms with Gasteiger partial charge in [0.1, 0.15) is 5.60 Å². The number of aliphatic hydroxyl groups is 2. The highest BCUT2D eigenvalue weighted by Gasteiger charge is 2.48. The fourth-order valence-electron chi connectivity index (χ4n) is 1.60. The van der Waals surface area contributed by atoms with E-state index in [-0.39, 0.29) is 6.42 Å². The molecule has 5 nitrogen and oxygen atoms in total. The number of amides is 1. The molecule has 0 aromatic rings. The first kappa shape index (κ1) is 14.2. The number of ether oxygens (including phenoxy) is 1. The normalized spacial score (nSPS) is 38.9. The number of carbonyl (C=O) groups is 1. The molecule has 1 rings (SSSR count). The second-order valence-corrected chi connectivity index (χ2v) is 4.22. The lowest BCUT2D eigenvalue weighted by Gasteiger charge is -2.43. The third kappa shape index (κ3) is 3.08. The molecule has 1 aliphatic heterocycles. The molecule has 3 N–H and O–H groups in total. The Morgan fingerprint density at radius 3 is 2.53 bits per heavy atom. The molecule has 1 saturated heterocycles. The maximum absolute atomic E-state index is 12.1. The number of halogens is 3. The standard InChI is InChI=1S/C9H14F3NO4/c1-4-8(2,16)5(3-6(14)17-4)13-7(15)9(10,11)12/h4-6,14,16H,3H2,1-2H3,(H,13,15)/t4-,5+,6+,8+/m1/s1. The summed E-state index contributed by atoms with van der Waals surface area (Å²) in [6.07, 6.45) is -7.55. The number of aliphatic hydroxyl groups excluding tert-OH is 1. The van der Waals surface area contributed by atoms with Crippen LogP contribution >= 0.6 is 0 Å². The number of carbonyl (C=O) groups excluding carboxylic acids is 1. The monoisotopic (exact) mass is 257 g/mol. The Kier molecular flexibility index (Phi) is 3.70. The minimum Gasteiger partial charge on any atom is -0.385 e. The van der Waals surface area contributed by atoms with Crippen LogP contribution < -0.4 is 5.32 Å². The average Bonchev–Trinajstić information content (AvgIpc) is 2.12. The van der Waals surface area contributed by atoms with E-state index < -0.39 is 36.1 Å². The van der Waals surface area contributed by atoms with Gasteiger partial charge in [-0.3, -0.25) is 4.79 Å². The summed E-state index contributed by atoms with van der Waals surface area (Å²) < 4.78 is 41.1. The highest BCUT2D eigenvalue weighted by Crippen LogP contribution is 2.29. The molecule has 0 radical (unpaired) electrons. The van der Waals surface area contributed by atoms with Gasteiger partial charge >= 0.3 is 12.1 Å². The first-order valence-corrected chi connectivity index (χ1v) is 4.98. The van der Waals surface area contributed by atoms with Crippen molar-refractivity contribution < 1.29 is 32.9 Å². The van der Waals surface area contributed by atoms with Gasteiger partial charge in [-0.05, 0) is 13.8 Å². The number of nitrogens with one attached hydrogen (secondary N) is 1. The zero-order valence-electron chi connectivity index (χ0n) is 9.28. The highest BCUT2D eigenvalue weighted by atomic mass is 19.4. The Balaban J connectivity index is 2.78. The van der Waals surface area contributed by atoms with Gasteiger partial charge in [-0.15, -0.1) is 0 Å². The summed E-state index contributed by atoms with van der Waals surface area (Å²) in [5.41, 5.74) is -1.68. The van der Waals surface area contributed by atoms with Crippen LogP contribution in [0.3, 0.4) is 0 Å². The van der Waals surface area contributed by atoms with E-state index in [0.29, 0.717) is 0 Å². The number of hydrogen-bond donors (Lipinski definition) is 3. The quantitative estimate of drug-likeness (QED) is 0.613. The van der Waals surface area contributed by atoms with Crippen LogP contribution in [0.25, 0.3) is 0 Å². The maximum atomic E-state index is 12.1. The van der Waals surface area contributed by atoms with Crippen molar-refractivity contribution in [3.63, 3.8) is 0 Å². The van der Waals surface area contributed by atoms with Crippen LogP contribution in [0.2, 0.25) is 0 Å². The Bertz CT molecular complexity index is 305. The lowest BCUT2D eigenvalue weighted by molar-refractivity contribution is -0.238. The molecule has 100 valence electrons. The molecule has 0 aliphatic carbocycles. The molecule has 1 fully saturated rings. The van der Waals surface area contributed by atoms with Gasteiger partial charge < -0.3 is 20.3 Å². The second kappa shape index (κ2) is 4.43. The summed E-state index contributed by atoms with van der Waals surface area (Å²) in [6.45, 7) is 2.64. The summed E-state index contributed by atoms with van der Waals surface area (Å²) in [4.78, 5) is 10.8. The molecule has 1 heterocycles. The van der Waals surface area contributed by atoms with Crippen molar-refractivity contribution in [2.45, 2.75) is 50.5 Å². The van der Waals surface area contributed by atoms with E-state index >= 15 is 0 Å². The van der Waals surface area contributed by atoms with Crippen molar-refractivity contribution in [2.75, 3.05) is 0 Å². The van der Waals surface area contributed by atoms with Crippen molar-refractivity contribution in [2.24, 2.45) is 0 Å². The third-order valence-corrected chi connectivity index (χ3v) is 2.89. The van der Waals surface area contributed by atoms with Gasteiger partial charge in [-0.1, -0.05) is 0 Å². The third-order valence-electron chi connectivity index (χ3n) is 2.89. The predicted octanol–water partition coefficient (Wildman–Crippen LogP) is -0.0883. The average molecular weight is 257 g/mol. The van der Waals surface area contributed by atoms with E-state index in [2.05, 4.69) is 0 Å². The fraction of sp³-hybridized carbons (Fsp3) is 0.889. The predicted molar refractivity (Wildman–Crippen MR) is 49.8 cm³/mol. The molecule has 0 aromatic heterocycles. The molecule has 0 spiro atoms. The van der Waals surface area contributed by atoms with Gasteiger partial charge in [-0.2, -0.15) is 13.2 Å². The lowest BCUT2D eigenvalue weighted by atomic mass is 9.86. The van der Waals surface area contributed by atoms with E-state index in [1.165, 1.54) is 13.8 Å². The zero-order valence-corrected chi connectivity index (χ0v) is 9.28. The second-order valence-electron chi connectivity index (χ2n) is 4.22. The molecule has 8 heteroatoms. The zero-order chi connectivity index (χ0) is 13.4.